The number of aliphatic hydroxyl groups excluding tert-OH is 2. The number of hydrogen-bond acceptors (Lipinski definition) is 11. The summed E-state index contributed by atoms with van der Waals surface area (Å²) >= 11 is 0. The third-order valence-corrected chi connectivity index (χ3v) is 8.72. The van der Waals surface area contributed by atoms with Gasteiger partial charge in [0.2, 0.25) is 0 Å². The average Bonchev–Trinajstić information content (AvgIpc) is 3.58. The highest BCUT2D eigenvalue weighted by atomic mass is 16.5. The third kappa shape index (κ3) is 9.73. The average molecular weight is 733 g/mol. The highest BCUT2D eigenvalue weighted by molar-refractivity contribution is 6.07. The molecular weight excluding hydrogens is 688 g/mol. The van der Waals surface area contributed by atoms with Gasteiger partial charge in [-0.2, -0.15) is 5.10 Å². The van der Waals surface area contributed by atoms with Gasteiger partial charge in [-0.1, -0.05) is 63.2 Å². The molecule has 1 unspecified atom stereocenters. The van der Waals surface area contributed by atoms with Gasteiger partial charge in [0.1, 0.15) is 29.8 Å². The fraction of sp³-hybridized carbons (Fsp3) is 0.275. The van der Waals surface area contributed by atoms with Crippen LogP contribution in [0, 0.1) is 5.92 Å². The zero-order valence-electron chi connectivity index (χ0n) is 30.2. The van der Waals surface area contributed by atoms with Crippen LogP contribution in [-0.2, 0) is 18.4 Å². The highest BCUT2D eigenvalue weighted by Crippen LogP contribution is 2.33. The predicted molar refractivity (Wildman–Crippen MR) is 206 cm³/mol. The van der Waals surface area contributed by atoms with Gasteiger partial charge in [-0.15, -0.1) is 0 Å². The van der Waals surface area contributed by atoms with Gasteiger partial charge in [-0.05, 0) is 54.8 Å². The maximum atomic E-state index is 13.4. The molecule has 0 radical (unpaired) electrons. The Labute approximate surface area is 312 Å². The van der Waals surface area contributed by atoms with Crippen molar-refractivity contribution in [1.29, 1.82) is 0 Å². The van der Waals surface area contributed by atoms with E-state index in [0.717, 1.165) is 27.7 Å². The molecule has 54 heavy (non-hydrogen) atoms. The number of amides is 2. The van der Waals surface area contributed by atoms with Crippen molar-refractivity contribution < 1.29 is 30.0 Å². The van der Waals surface area contributed by atoms with Crippen LogP contribution in [0.1, 0.15) is 50.6 Å². The number of anilines is 4. The molecule has 6 rings (SSSR count). The minimum Gasteiger partial charge on any atom is -0.488 e. The quantitative estimate of drug-likeness (QED) is 0.0645. The Morgan fingerprint density at radius 3 is 2.37 bits per heavy atom. The van der Waals surface area contributed by atoms with Crippen molar-refractivity contribution in [3.8, 4) is 11.4 Å². The van der Waals surface area contributed by atoms with Crippen molar-refractivity contribution in [2.24, 2.45) is 5.92 Å². The van der Waals surface area contributed by atoms with E-state index in [0.29, 0.717) is 41.0 Å². The Morgan fingerprint density at radius 2 is 1.63 bits per heavy atom. The molecule has 0 spiro atoms. The van der Waals surface area contributed by atoms with E-state index in [1.165, 1.54) is 0 Å². The maximum Gasteiger partial charge on any atom is 0.324 e. The maximum absolute atomic E-state index is 13.4. The van der Waals surface area contributed by atoms with Crippen LogP contribution in [0.5, 0.6) is 5.75 Å². The number of fused-ring (bicyclic) bond motifs is 1. The lowest BCUT2D eigenvalue weighted by molar-refractivity contribution is -0.125. The summed E-state index contributed by atoms with van der Waals surface area (Å²) in [4.78, 5) is 26.6. The van der Waals surface area contributed by atoms with Gasteiger partial charge in [0.15, 0.2) is 12.6 Å². The molecular formula is C40H44N8O6. The number of nitrogens with zero attached hydrogens (tertiary/aromatic N) is 5. The number of ether oxygens (including phenoxy) is 1. The number of aryl methyl sites for hydroxylation is 1. The van der Waals surface area contributed by atoms with Gasteiger partial charge in [0.05, 0.1) is 29.0 Å². The molecule has 0 bridgehead atoms. The molecule has 14 heteroatoms. The second kappa shape index (κ2) is 16.8. The third-order valence-electron chi connectivity index (χ3n) is 8.72. The minimum atomic E-state index is -1.68. The van der Waals surface area contributed by atoms with Gasteiger partial charge in [-0.25, -0.2) is 19.4 Å². The zero-order chi connectivity index (χ0) is 38.2. The molecule has 0 aliphatic carbocycles. The molecule has 3 aromatic carbocycles. The second-order valence-electron chi connectivity index (χ2n) is 13.9. The van der Waals surface area contributed by atoms with Gasteiger partial charge < -0.3 is 35.8 Å². The van der Waals surface area contributed by atoms with Crippen LogP contribution >= 0.6 is 0 Å². The molecule has 14 nitrogen and oxygen atoms in total. The molecule has 1 atom stereocenters. The monoisotopic (exact) mass is 732 g/mol. The lowest BCUT2D eigenvalue weighted by atomic mass is 9.92. The topological polar surface area (TPSA) is 200 Å². The first-order chi connectivity index (χ1) is 25.9. The molecule has 0 aliphatic heterocycles. The van der Waals surface area contributed by atoms with E-state index in [4.69, 9.17) is 9.84 Å². The minimum absolute atomic E-state index is 0.169. The van der Waals surface area contributed by atoms with Gasteiger partial charge >= 0.3 is 6.03 Å². The number of pyridine rings is 1. The number of carbonyl (C=O) groups is 1. The number of benzene rings is 3. The highest BCUT2D eigenvalue weighted by Gasteiger charge is 2.22. The Balaban J connectivity index is 1.11. The SMILES string of the molecule is CC(C)(C)c1cc(NC(=O)Nc2ccc(OCc3ccnc(Nc4cncc(CCC(CC(O)O)C(O)O)n4)c3)c3ccccc23)n(-c2ccccc2)n1. The van der Waals surface area contributed by atoms with Gasteiger partial charge in [-0.3, -0.25) is 10.3 Å². The van der Waals surface area contributed by atoms with Crippen molar-refractivity contribution in [2.45, 2.75) is 64.6 Å². The van der Waals surface area contributed by atoms with Crippen LogP contribution in [0.4, 0.5) is 27.9 Å². The Bertz CT molecular complexity index is 2190. The fourth-order valence-electron chi connectivity index (χ4n) is 5.88. The number of urea groups is 1. The zero-order valence-corrected chi connectivity index (χ0v) is 30.2. The van der Waals surface area contributed by atoms with Gasteiger partial charge in [0, 0.05) is 47.0 Å². The molecule has 3 aromatic heterocycles. The van der Waals surface area contributed by atoms with Crippen LogP contribution < -0.4 is 20.7 Å². The van der Waals surface area contributed by atoms with E-state index in [2.05, 4.69) is 51.7 Å². The van der Waals surface area contributed by atoms with E-state index in [-0.39, 0.29) is 24.9 Å². The smallest absolute Gasteiger partial charge is 0.324 e. The summed E-state index contributed by atoms with van der Waals surface area (Å²) in [6, 6.07) is 26.1. The van der Waals surface area contributed by atoms with Crippen LogP contribution in [0.25, 0.3) is 16.5 Å². The fourth-order valence-corrected chi connectivity index (χ4v) is 5.88. The summed E-state index contributed by atoms with van der Waals surface area (Å²) in [5.41, 5.74) is 3.51. The van der Waals surface area contributed by atoms with Crippen LogP contribution in [-0.4, -0.2) is 63.8 Å². The number of aromatic nitrogens is 5. The summed E-state index contributed by atoms with van der Waals surface area (Å²) in [6.45, 7) is 6.47. The number of carbonyl (C=O) groups excluding carboxylic acids is 1. The number of aliphatic hydroxyl groups is 4. The number of nitrogens with one attached hydrogen (secondary N) is 3. The van der Waals surface area contributed by atoms with Crippen molar-refractivity contribution in [1.82, 2.24) is 24.7 Å². The number of para-hydroxylation sites is 1. The van der Waals surface area contributed by atoms with Crippen molar-refractivity contribution >= 4 is 39.9 Å². The van der Waals surface area contributed by atoms with Gasteiger partial charge in [0.25, 0.3) is 0 Å². The van der Waals surface area contributed by atoms with E-state index < -0.39 is 24.5 Å². The molecule has 6 aromatic rings. The van der Waals surface area contributed by atoms with Crippen LogP contribution in [0.3, 0.4) is 0 Å². The number of hydrogen-bond donors (Lipinski definition) is 7. The first kappa shape index (κ1) is 37.8. The normalized spacial score (nSPS) is 12.2. The molecule has 0 fully saturated rings. The molecule has 3 heterocycles. The first-order valence-corrected chi connectivity index (χ1v) is 17.6. The summed E-state index contributed by atoms with van der Waals surface area (Å²) in [5.74, 6) is 1.42. The summed E-state index contributed by atoms with van der Waals surface area (Å²) < 4.78 is 8.02. The Morgan fingerprint density at radius 1 is 0.870 bits per heavy atom. The first-order valence-electron chi connectivity index (χ1n) is 17.6. The summed E-state index contributed by atoms with van der Waals surface area (Å²) in [5, 5.41) is 53.2. The van der Waals surface area contributed by atoms with Crippen LogP contribution in [0.2, 0.25) is 0 Å². The molecule has 0 aliphatic rings. The van der Waals surface area contributed by atoms with Crippen molar-refractivity contribution in [2.75, 3.05) is 16.0 Å². The largest absolute Gasteiger partial charge is 0.488 e. The molecule has 0 saturated heterocycles. The standard InChI is InChI=1S/C40H44N8O6/c1-40(2,3)33-21-36(48(47-33)28-9-5-4-6-10-28)46-39(53)44-31-15-16-32(30-12-8-7-11-29(30)31)54-24-25-17-18-42-34(19-25)45-35-23-41-22-27(43-35)14-13-26(38(51)52)20-37(49)50/h4-12,15-19,21-23,26,37-38,49-52H,13-14,20,24H2,1-3H3,(H,42,43,45)(H2,44,46,53). The molecule has 2 amide bonds. The molecule has 280 valence electrons. The lowest BCUT2D eigenvalue weighted by Gasteiger charge is -2.19. The predicted octanol–water partition coefficient (Wildman–Crippen LogP) is 6.03. The molecule has 7 N–H and O–H groups in total. The Kier molecular flexibility index (Phi) is 11.8. The summed E-state index contributed by atoms with van der Waals surface area (Å²) in [6.07, 6.45) is 1.91. The summed E-state index contributed by atoms with van der Waals surface area (Å²) in [7, 11) is 0. The van der Waals surface area contributed by atoms with E-state index >= 15 is 0 Å². The van der Waals surface area contributed by atoms with Crippen molar-refractivity contribution in [3.05, 3.63) is 120 Å². The van der Waals surface area contributed by atoms with E-state index in [9.17, 15) is 25.2 Å². The Hall–Kier alpha value is -5.93. The second-order valence-corrected chi connectivity index (χ2v) is 13.9. The van der Waals surface area contributed by atoms with Crippen LogP contribution in [0.15, 0.2) is 104 Å². The molecule has 0 saturated carbocycles. The lowest BCUT2D eigenvalue weighted by Crippen LogP contribution is -2.25. The van der Waals surface area contributed by atoms with E-state index in [1.54, 1.807) is 23.3 Å². The number of rotatable bonds is 14. The van der Waals surface area contributed by atoms with E-state index in [1.807, 2.05) is 84.9 Å². The van der Waals surface area contributed by atoms with Crippen molar-refractivity contribution in [3.63, 3.8) is 0 Å².